The van der Waals surface area contributed by atoms with Crippen molar-refractivity contribution in [3.8, 4) is 5.75 Å². The van der Waals surface area contributed by atoms with Crippen molar-refractivity contribution >= 4 is 62.3 Å². The summed E-state index contributed by atoms with van der Waals surface area (Å²) in [5.41, 5.74) is 0.643. The zero-order chi connectivity index (χ0) is 31.1. The summed E-state index contributed by atoms with van der Waals surface area (Å²) in [5.74, 6) is -0.707. The quantitative estimate of drug-likeness (QED) is 0.232. The Morgan fingerprint density at radius 3 is 2.26 bits per heavy atom. The monoisotopic (exact) mass is 665 g/mol. The molecule has 0 aliphatic heterocycles. The molecule has 1 saturated carbocycles. The van der Waals surface area contributed by atoms with Crippen molar-refractivity contribution in [2.45, 2.75) is 62.6 Å². The van der Waals surface area contributed by atoms with Crippen LogP contribution in [0.4, 0.5) is 5.69 Å². The number of sulfonamides is 1. The van der Waals surface area contributed by atoms with Crippen LogP contribution in [0.5, 0.6) is 5.75 Å². The third kappa shape index (κ3) is 7.95. The molecule has 43 heavy (non-hydrogen) atoms. The first kappa shape index (κ1) is 32.9. The zero-order valence-corrected chi connectivity index (χ0v) is 27.0. The number of hydrogen-bond acceptors (Lipinski definition) is 5. The Morgan fingerprint density at radius 1 is 0.977 bits per heavy atom. The van der Waals surface area contributed by atoms with E-state index in [-0.39, 0.29) is 39.8 Å². The highest BCUT2D eigenvalue weighted by molar-refractivity contribution is 7.92. The summed E-state index contributed by atoms with van der Waals surface area (Å²) in [6, 6.07) is 16.3. The van der Waals surface area contributed by atoms with Gasteiger partial charge < -0.3 is 15.0 Å². The Morgan fingerprint density at radius 2 is 1.63 bits per heavy atom. The Labute approximate surface area is 267 Å². The van der Waals surface area contributed by atoms with Gasteiger partial charge in [0.25, 0.3) is 10.0 Å². The molecule has 4 rings (SSSR count). The molecule has 1 aliphatic carbocycles. The average Bonchev–Trinajstić information content (AvgIpc) is 3.50. The number of methoxy groups -OCH3 is 1. The number of nitrogens with zero attached hydrogens (tertiary/aromatic N) is 2. The van der Waals surface area contributed by atoms with Crippen molar-refractivity contribution in [2.75, 3.05) is 18.0 Å². The number of hydrogen-bond donors (Lipinski definition) is 1. The number of nitrogens with one attached hydrogen (secondary N) is 1. The summed E-state index contributed by atoms with van der Waals surface area (Å²) < 4.78 is 34.6. The Kier molecular flexibility index (Phi) is 11.2. The molecule has 12 heteroatoms. The van der Waals surface area contributed by atoms with E-state index in [9.17, 15) is 18.0 Å². The highest BCUT2D eigenvalue weighted by Gasteiger charge is 2.35. The Bertz CT molecular complexity index is 1550. The number of carbonyl (C=O) groups is 2. The average molecular weight is 667 g/mol. The molecule has 1 aliphatic rings. The lowest BCUT2D eigenvalue weighted by atomic mass is 10.1. The lowest BCUT2D eigenvalue weighted by Crippen LogP contribution is -2.53. The van der Waals surface area contributed by atoms with Gasteiger partial charge in [-0.3, -0.25) is 13.9 Å². The van der Waals surface area contributed by atoms with Gasteiger partial charge in [0.2, 0.25) is 11.8 Å². The number of rotatable bonds is 12. The van der Waals surface area contributed by atoms with Crippen molar-refractivity contribution in [3.05, 3.63) is 87.4 Å². The first-order valence-electron chi connectivity index (χ1n) is 14.0. The van der Waals surface area contributed by atoms with Gasteiger partial charge in [-0.15, -0.1) is 0 Å². The molecule has 1 atom stereocenters. The third-order valence-corrected chi connectivity index (χ3v) is 10.1. The minimum absolute atomic E-state index is 0.0249. The molecule has 1 unspecified atom stereocenters. The molecule has 0 saturated heterocycles. The molecule has 2 amide bonds. The number of halogens is 3. The minimum atomic E-state index is -4.29. The summed E-state index contributed by atoms with van der Waals surface area (Å²) in [6.07, 6.45) is 4.09. The number of amides is 2. The summed E-state index contributed by atoms with van der Waals surface area (Å²) in [5, 5.41) is 4.08. The Hall–Kier alpha value is -2.98. The van der Waals surface area contributed by atoms with Crippen molar-refractivity contribution in [1.29, 1.82) is 0 Å². The third-order valence-electron chi connectivity index (χ3n) is 7.46. The highest BCUT2D eigenvalue weighted by atomic mass is 35.5. The molecule has 1 fully saturated rings. The predicted molar refractivity (Wildman–Crippen MR) is 170 cm³/mol. The standard InChI is InChI=1S/C31H34Cl3N3O5S/c1-3-27(31(39)35-24-9-7-8-10-24)36(19-21-13-14-22(32)17-26(21)34)30(38)20-37(28-18-23(33)15-16-29(28)42-2)43(40,41)25-11-5-4-6-12-25/h4-6,11-18,24,27H,3,7-10,19-20H2,1-2H3,(H,35,39). The van der Waals surface area contributed by atoms with Crippen molar-refractivity contribution in [1.82, 2.24) is 10.2 Å². The lowest BCUT2D eigenvalue weighted by Gasteiger charge is -2.34. The summed E-state index contributed by atoms with van der Waals surface area (Å²) in [4.78, 5) is 29.3. The van der Waals surface area contributed by atoms with Crippen molar-refractivity contribution in [3.63, 3.8) is 0 Å². The van der Waals surface area contributed by atoms with Gasteiger partial charge in [-0.25, -0.2) is 8.42 Å². The van der Waals surface area contributed by atoms with Gasteiger partial charge in [-0.1, -0.05) is 78.8 Å². The van der Waals surface area contributed by atoms with E-state index in [2.05, 4.69) is 5.32 Å². The molecule has 230 valence electrons. The molecule has 8 nitrogen and oxygen atoms in total. The molecule has 0 bridgehead atoms. The first-order chi connectivity index (χ1) is 20.5. The zero-order valence-electron chi connectivity index (χ0n) is 23.9. The van der Waals surface area contributed by atoms with Crippen LogP contribution in [0.25, 0.3) is 0 Å². The maximum Gasteiger partial charge on any atom is 0.264 e. The predicted octanol–water partition coefficient (Wildman–Crippen LogP) is 6.72. The van der Waals surface area contributed by atoms with Gasteiger partial charge >= 0.3 is 0 Å². The van der Waals surface area contributed by atoms with Crippen LogP contribution in [-0.2, 0) is 26.2 Å². The minimum Gasteiger partial charge on any atom is -0.495 e. The molecule has 0 aromatic heterocycles. The molecule has 3 aromatic carbocycles. The van der Waals surface area contributed by atoms with E-state index >= 15 is 0 Å². The molecule has 0 spiro atoms. The normalized spacial score (nSPS) is 14.3. The fourth-order valence-corrected chi connectivity index (χ4v) is 7.28. The van der Waals surface area contributed by atoms with Gasteiger partial charge in [0, 0.05) is 27.7 Å². The topological polar surface area (TPSA) is 96.0 Å². The van der Waals surface area contributed by atoms with Crippen LogP contribution >= 0.6 is 34.8 Å². The fraction of sp³-hybridized carbons (Fsp3) is 0.355. The molecular weight excluding hydrogens is 633 g/mol. The van der Waals surface area contributed by atoms with Crippen LogP contribution in [0.1, 0.15) is 44.6 Å². The Balaban J connectivity index is 1.78. The van der Waals surface area contributed by atoms with Gasteiger partial charge in [-0.2, -0.15) is 0 Å². The van der Waals surface area contributed by atoms with Gasteiger partial charge in [0.05, 0.1) is 17.7 Å². The smallest absolute Gasteiger partial charge is 0.264 e. The number of ether oxygens (including phenoxy) is 1. The lowest BCUT2D eigenvalue weighted by molar-refractivity contribution is -0.140. The van der Waals surface area contributed by atoms with Crippen LogP contribution < -0.4 is 14.4 Å². The van der Waals surface area contributed by atoms with Crippen molar-refractivity contribution in [2.24, 2.45) is 0 Å². The number of anilines is 1. The van der Waals surface area contributed by atoms with Gasteiger partial charge in [0.1, 0.15) is 18.3 Å². The molecule has 0 radical (unpaired) electrons. The van der Waals surface area contributed by atoms with E-state index in [1.807, 2.05) is 0 Å². The number of benzene rings is 3. The van der Waals surface area contributed by atoms with E-state index in [4.69, 9.17) is 39.5 Å². The maximum absolute atomic E-state index is 14.3. The fourth-order valence-electron chi connectivity index (χ4n) is 5.21. The summed E-state index contributed by atoms with van der Waals surface area (Å²) >= 11 is 18.9. The van der Waals surface area contributed by atoms with Crippen LogP contribution in [0, 0.1) is 0 Å². The van der Waals surface area contributed by atoms with Crippen LogP contribution in [-0.4, -0.2) is 50.9 Å². The maximum atomic E-state index is 14.3. The van der Waals surface area contributed by atoms with Crippen LogP contribution in [0.2, 0.25) is 15.1 Å². The van der Waals surface area contributed by atoms with Gasteiger partial charge in [-0.05, 0) is 67.3 Å². The largest absolute Gasteiger partial charge is 0.495 e. The van der Waals surface area contributed by atoms with Crippen LogP contribution in [0.15, 0.2) is 71.6 Å². The SMILES string of the molecule is CCC(C(=O)NC1CCCC1)N(Cc1ccc(Cl)cc1Cl)C(=O)CN(c1cc(Cl)ccc1OC)S(=O)(=O)c1ccccc1. The van der Waals surface area contributed by atoms with E-state index in [1.165, 1.54) is 36.3 Å². The summed E-state index contributed by atoms with van der Waals surface area (Å²) in [7, 11) is -2.89. The number of carbonyl (C=O) groups excluding carboxylic acids is 2. The molecule has 1 N–H and O–H groups in total. The second-order valence-corrected chi connectivity index (χ2v) is 13.5. The van der Waals surface area contributed by atoms with Gasteiger partial charge in [0.15, 0.2) is 0 Å². The van der Waals surface area contributed by atoms with E-state index < -0.39 is 28.5 Å². The second kappa shape index (κ2) is 14.7. The van der Waals surface area contributed by atoms with E-state index in [0.717, 1.165) is 30.0 Å². The van der Waals surface area contributed by atoms with Crippen LogP contribution in [0.3, 0.4) is 0 Å². The summed E-state index contributed by atoms with van der Waals surface area (Å²) in [6.45, 7) is 1.13. The molecule has 0 heterocycles. The molecule has 3 aromatic rings. The highest BCUT2D eigenvalue weighted by Crippen LogP contribution is 2.35. The molecular formula is C31H34Cl3N3O5S. The second-order valence-electron chi connectivity index (χ2n) is 10.3. The van der Waals surface area contributed by atoms with Crippen molar-refractivity contribution < 1.29 is 22.7 Å². The van der Waals surface area contributed by atoms with E-state index in [1.54, 1.807) is 49.4 Å². The van der Waals surface area contributed by atoms with E-state index in [0.29, 0.717) is 22.0 Å². The first-order valence-corrected chi connectivity index (χ1v) is 16.6.